The van der Waals surface area contributed by atoms with Crippen LogP contribution in [0, 0.1) is 0 Å². The van der Waals surface area contributed by atoms with Crippen LogP contribution in [-0.2, 0) is 6.54 Å². The van der Waals surface area contributed by atoms with Gasteiger partial charge in [-0.25, -0.2) is 0 Å². The molecule has 51 heavy (non-hydrogen) atoms. The molecule has 0 radical (unpaired) electrons. The number of benzene rings is 1. The fourth-order valence-electron chi connectivity index (χ4n) is 6.58. The van der Waals surface area contributed by atoms with Gasteiger partial charge >= 0.3 is 0 Å². The lowest BCUT2D eigenvalue weighted by molar-refractivity contribution is 0.258. The molecule has 0 unspecified atom stereocenters. The van der Waals surface area contributed by atoms with Crippen molar-refractivity contribution in [3.05, 3.63) is 48.1 Å². The van der Waals surface area contributed by atoms with Crippen molar-refractivity contribution >= 4 is 0 Å². The average molecular weight is 711 g/mol. The molecule has 0 fully saturated rings. The summed E-state index contributed by atoms with van der Waals surface area (Å²) in [6, 6.07) is 6.49. The van der Waals surface area contributed by atoms with Gasteiger partial charge in [0.15, 0.2) is 11.5 Å². The summed E-state index contributed by atoms with van der Waals surface area (Å²) < 4.78 is 12.6. The quantitative estimate of drug-likeness (QED) is 0.0526. The smallest absolute Gasteiger partial charge is 0.161 e. The first-order valence-electron chi connectivity index (χ1n) is 22.4. The predicted molar refractivity (Wildman–Crippen MR) is 226 cm³/mol. The normalized spacial score (nSPS) is 11.7. The second kappa shape index (κ2) is 39.4. The van der Waals surface area contributed by atoms with Crippen LogP contribution in [0.3, 0.4) is 0 Å². The molecule has 0 atom stereocenters. The first-order chi connectivity index (χ1) is 25.3. The van der Waals surface area contributed by atoms with Gasteiger partial charge < -0.3 is 20.5 Å². The highest BCUT2D eigenvalue weighted by molar-refractivity contribution is 5.43. The second-order valence-corrected chi connectivity index (χ2v) is 15.0. The Morgan fingerprint density at radius 3 is 1.33 bits per heavy atom. The van der Waals surface area contributed by atoms with Crippen molar-refractivity contribution in [3.63, 3.8) is 0 Å². The van der Waals surface area contributed by atoms with E-state index in [-0.39, 0.29) is 0 Å². The SMILES string of the molecule is CCCCCCCC/C=C\CCCCCCCCOc1ccc(CNCCCCN)cc1OCCCCCCCC/C=C\CCCCCCCC. The molecule has 0 spiro atoms. The monoisotopic (exact) mass is 711 g/mol. The van der Waals surface area contributed by atoms with Crippen molar-refractivity contribution in [2.75, 3.05) is 26.3 Å². The molecule has 0 aliphatic carbocycles. The molecule has 0 heterocycles. The van der Waals surface area contributed by atoms with Crippen molar-refractivity contribution in [1.29, 1.82) is 0 Å². The molecular weight excluding hydrogens is 625 g/mol. The van der Waals surface area contributed by atoms with Crippen molar-refractivity contribution < 1.29 is 9.47 Å². The Kier molecular flexibility index (Phi) is 36.5. The van der Waals surface area contributed by atoms with Crippen LogP contribution >= 0.6 is 0 Å². The Balaban J connectivity index is 2.21. The summed E-state index contributed by atoms with van der Waals surface area (Å²) in [5.41, 5.74) is 6.91. The van der Waals surface area contributed by atoms with E-state index in [2.05, 4.69) is 61.7 Å². The average Bonchev–Trinajstić information content (AvgIpc) is 3.14. The lowest BCUT2D eigenvalue weighted by Crippen LogP contribution is -2.16. The number of allylic oxidation sites excluding steroid dienone is 4. The third-order valence-electron chi connectivity index (χ3n) is 9.97. The van der Waals surface area contributed by atoms with E-state index in [1.54, 1.807) is 0 Å². The van der Waals surface area contributed by atoms with E-state index >= 15 is 0 Å². The molecule has 0 amide bonds. The maximum atomic E-state index is 6.34. The summed E-state index contributed by atoms with van der Waals surface area (Å²) in [5.74, 6) is 1.81. The summed E-state index contributed by atoms with van der Waals surface area (Å²) in [4.78, 5) is 0. The molecule has 4 heteroatoms. The Morgan fingerprint density at radius 1 is 0.471 bits per heavy atom. The van der Waals surface area contributed by atoms with Gasteiger partial charge in [-0.05, 0) is 108 Å². The summed E-state index contributed by atoms with van der Waals surface area (Å²) in [5, 5.41) is 3.55. The number of nitrogens with one attached hydrogen (secondary N) is 1. The zero-order chi connectivity index (χ0) is 36.6. The molecule has 0 aromatic heterocycles. The Bertz CT molecular complexity index is 898. The molecule has 0 aliphatic heterocycles. The molecule has 0 saturated heterocycles. The van der Waals surface area contributed by atoms with Crippen LogP contribution in [0.5, 0.6) is 11.5 Å². The van der Waals surface area contributed by atoms with E-state index in [4.69, 9.17) is 15.2 Å². The summed E-state index contributed by atoms with van der Waals surface area (Å²) in [7, 11) is 0. The number of unbranched alkanes of at least 4 members (excludes halogenated alkanes) is 25. The minimum Gasteiger partial charge on any atom is -0.490 e. The molecule has 296 valence electrons. The minimum atomic E-state index is 0.763. The van der Waals surface area contributed by atoms with Crippen LogP contribution in [0.15, 0.2) is 42.5 Å². The van der Waals surface area contributed by atoms with Gasteiger partial charge in [-0.15, -0.1) is 0 Å². The van der Waals surface area contributed by atoms with Crippen molar-refractivity contribution in [1.82, 2.24) is 5.32 Å². The molecule has 0 bridgehead atoms. The highest BCUT2D eigenvalue weighted by atomic mass is 16.5. The van der Waals surface area contributed by atoms with E-state index in [0.29, 0.717) is 0 Å². The van der Waals surface area contributed by atoms with E-state index in [0.717, 1.165) is 70.0 Å². The summed E-state index contributed by atoms with van der Waals surface area (Å²) >= 11 is 0. The third-order valence-corrected chi connectivity index (χ3v) is 9.97. The molecule has 4 nitrogen and oxygen atoms in total. The van der Waals surface area contributed by atoms with Crippen LogP contribution in [-0.4, -0.2) is 26.3 Å². The summed E-state index contributed by atoms with van der Waals surface area (Å²) in [6.07, 6.45) is 48.9. The van der Waals surface area contributed by atoms with E-state index in [9.17, 15) is 0 Å². The molecule has 0 saturated carbocycles. The number of ether oxygens (including phenoxy) is 2. The van der Waals surface area contributed by atoms with Gasteiger partial charge in [-0.1, -0.05) is 160 Å². The standard InChI is InChI=1S/C47H86N2O2/c1-3-5-7-9-11-13-15-17-19-21-23-25-27-29-31-35-41-50-46-38-37-45(44-49-40-34-33-39-48)43-47(46)51-42-36-32-30-28-26-24-22-20-18-16-14-12-10-8-6-4-2/h17-20,37-38,43,49H,3-16,21-36,39-42,44,48H2,1-2H3/b19-17-,20-18-. The maximum Gasteiger partial charge on any atom is 0.161 e. The van der Waals surface area contributed by atoms with Crippen LogP contribution in [0.4, 0.5) is 0 Å². The Labute approximate surface area is 318 Å². The van der Waals surface area contributed by atoms with Gasteiger partial charge in [0.05, 0.1) is 13.2 Å². The van der Waals surface area contributed by atoms with Crippen molar-refractivity contribution in [2.45, 2.75) is 213 Å². The van der Waals surface area contributed by atoms with Crippen LogP contribution in [0.25, 0.3) is 0 Å². The largest absolute Gasteiger partial charge is 0.490 e. The van der Waals surface area contributed by atoms with Crippen molar-refractivity contribution in [2.24, 2.45) is 5.73 Å². The zero-order valence-electron chi connectivity index (χ0n) is 34.2. The number of hydrogen-bond donors (Lipinski definition) is 2. The van der Waals surface area contributed by atoms with E-state index in [1.807, 2.05) is 0 Å². The van der Waals surface area contributed by atoms with E-state index in [1.165, 1.54) is 173 Å². The molecule has 1 aromatic carbocycles. The fourth-order valence-corrected chi connectivity index (χ4v) is 6.58. The topological polar surface area (TPSA) is 56.5 Å². The highest BCUT2D eigenvalue weighted by Crippen LogP contribution is 2.29. The third kappa shape index (κ3) is 32.6. The second-order valence-electron chi connectivity index (χ2n) is 15.0. The molecule has 3 N–H and O–H groups in total. The molecule has 0 aliphatic rings. The lowest BCUT2D eigenvalue weighted by atomic mass is 10.1. The Morgan fingerprint density at radius 2 is 0.882 bits per heavy atom. The van der Waals surface area contributed by atoms with Crippen LogP contribution < -0.4 is 20.5 Å². The van der Waals surface area contributed by atoms with Crippen LogP contribution in [0.1, 0.15) is 212 Å². The first-order valence-corrected chi connectivity index (χ1v) is 22.4. The Hall–Kier alpha value is -1.78. The number of nitrogens with two attached hydrogens (primary N) is 1. The zero-order valence-corrected chi connectivity index (χ0v) is 34.2. The summed E-state index contributed by atoms with van der Waals surface area (Å²) in [6.45, 7) is 8.72. The molecule has 1 rings (SSSR count). The first kappa shape index (κ1) is 47.2. The minimum absolute atomic E-state index is 0.763. The number of hydrogen-bond acceptors (Lipinski definition) is 4. The van der Waals surface area contributed by atoms with Gasteiger partial charge in [0, 0.05) is 6.54 Å². The van der Waals surface area contributed by atoms with Gasteiger partial charge in [0.1, 0.15) is 0 Å². The highest BCUT2D eigenvalue weighted by Gasteiger charge is 2.08. The van der Waals surface area contributed by atoms with Crippen molar-refractivity contribution in [3.8, 4) is 11.5 Å². The van der Waals surface area contributed by atoms with E-state index < -0.39 is 0 Å². The lowest BCUT2D eigenvalue weighted by Gasteiger charge is -2.15. The maximum absolute atomic E-state index is 6.34. The van der Waals surface area contributed by atoms with Gasteiger partial charge in [-0.2, -0.15) is 0 Å². The number of rotatable bonds is 40. The van der Waals surface area contributed by atoms with Crippen LogP contribution in [0.2, 0.25) is 0 Å². The fraction of sp³-hybridized carbons (Fsp3) is 0.787. The van der Waals surface area contributed by atoms with Gasteiger partial charge in [0.2, 0.25) is 0 Å². The molecular formula is C47H86N2O2. The van der Waals surface area contributed by atoms with Gasteiger partial charge in [-0.3, -0.25) is 0 Å². The predicted octanol–water partition coefficient (Wildman–Crippen LogP) is 14.3. The molecule has 1 aromatic rings. The van der Waals surface area contributed by atoms with Gasteiger partial charge in [0.25, 0.3) is 0 Å².